The van der Waals surface area contributed by atoms with Crippen molar-refractivity contribution in [3.8, 4) is 11.3 Å². The average molecular weight is 395 g/mol. The fourth-order valence-corrected chi connectivity index (χ4v) is 5.18. The molecular weight excluding hydrogens is 372 g/mol. The number of benzene rings is 1. The van der Waals surface area contributed by atoms with E-state index in [1.807, 2.05) is 20.9 Å². The zero-order valence-electron chi connectivity index (χ0n) is 15.7. The molecule has 0 aliphatic carbocycles. The zero-order chi connectivity index (χ0) is 19.3. The van der Waals surface area contributed by atoms with Crippen LogP contribution in [0.15, 0.2) is 35.8 Å². The quantitative estimate of drug-likeness (QED) is 0.742. The summed E-state index contributed by atoms with van der Waals surface area (Å²) < 4.78 is 1.90. The first-order chi connectivity index (χ1) is 13.6. The van der Waals surface area contributed by atoms with Crippen molar-refractivity contribution in [3.05, 3.63) is 47.1 Å². The third kappa shape index (κ3) is 2.81. The van der Waals surface area contributed by atoms with Crippen molar-refractivity contribution in [1.82, 2.24) is 19.6 Å². The molecule has 0 saturated carbocycles. The Hall–Kier alpha value is -2.67. The van der Waals surface area contributed by atoms with Gasteiger partial charge in [-0.1, -0.05) is 31.2 Å². The van der Waals surface area contributed by atoms with E-state index in [0.717, 1.165) is 35.5 Å². The van der Waals surface area contributed by atoms with Gasteiger partial charge >= 0.3 is 0 Å². The van der Waals surface area contributed by atoms with Gasteiger partial charge in [0.1, 0.15) is 5.69 Å². The molecule has 2 aliphatic rings. The number of carbonyl (C=O) groups excluding carboxylic acids is 2. The normalized spacial score (nSPS) is 21.8. The van der Waals surface area contributed by atoms with E-state index < -0.39 is 0 Å². The highest BCUT2D eigenvalue weighted by molar-refractivity contribution is 7.15. The SMILES string of the molecule is CCc1ccc(-c2cn3c(C(=O)N4[C@@H]5CC[C@H]4CNC(=O)C5)csc3n2)cc1. The first-order valence-corrected chi connectivity index (χ1v) is 10.7. The molecule has 0 spiro atoms. The summed E-state index contributed by atoms with van der Waals surface area (Å²) in [6.07, 6.45) is 5.20. The van der Waals surface area contributed by atoms with Crippen molar-refractivity contribution in [1.29, 1.82) is 0 Å². The summed E-state index contributed by atoms with van der Waals surface area (Å²) in [6, 6.07) is 8.49. The average Bonchev–Trinajstić information content (AvgIpc) is 3.36. The highest BCUT2D eigenvalue weighted by Crippen LogP contribution is 2.31. The van der Waals surface area contributed by atoms with Crippen LogP contribution in [0.4, 0.5) is 0 Å². The van der Waals surface area contributed by atoms with Crippen LogP contribution >= 0.6 is 11.3 Å². The van der Waals surface area contributed by atoms with E-state index in [0.29, 0.717) is 18.7 Å². The fraction of sp³-hybridized carbons (Fsp3) is 0.381. The summed E-state index contributed by atoms with van der Waals surface area (Å²) in [6.45, 7) is 2.69. The molecule has 2 aliphatic heterocycles. The lowest BCUT2D eigenvalue weighted by atomic mass is 10.1. The molecule has 2 fully saturated rings. The first-order valence-electron chi connectivity index (χ1n) is 9.79. The maximum Gasteiger partial charge on any atom is 0.272 e. The molecule has 0 unspecified atom stereocenters. The minimum absolute atomic E-state index is 0.000435. The van der Waals surface area contributed by atoms with Gasteiger partial charge in [0, 0.05) is 42.2 Å². The summed E-state index contributed by atoms with van der Waals surface area (Å²) in [5.41, 5.74) is 3.85. The second kappa shape index (κ2) is 6.74. The molecule has 1 N–H and O–H groups in total. The van der Waals surface area contributed by atoms with Crippen molar-refractivity contribution in [2.24, 2.45) is 0 Å². The minimum Gasteiger partial charge on any atom is -0.354 e. The molecule has 144 valence electrons. The summed E-state index contributed by atoms with van der Waals surface area (Å²) in [5, 5.41) is 4.81. The number of rotatable bonds is 3. The van der Waals surface area contributed by atoms with Gasteiger partial charge in [-0.3, -0.25) is 14.0 Å². The number of nitrogens with zero attached hydrogens (tertiary/aromatic N) is 3. The molecule has 28 heavy (non-hydrogen) atoms. The van der Waals surface area contributed by atoms with Crippen LogP contribution in [0.3, 0.4) is 0 Å². The van der Waals surface area contributed by atoms with E-state index in [9.17, 15) is 9.59 Å². The Labute approximate surface area is 167 Å². The van der Waals surface area contributed by atoms with Crippen LogP contribution in [-0.2, 0) is 11.2 Å². The topological polar surface area (TPSA) is 66.7 Å². The number of amides is 2. The van der Waals surface area contributed by atoms with Crippen LogP contribution in [-0.4, -0.2) is 44.7 Å². The van der Waals surface area contributed by atoms with Crippen LogP contribution in [0, 0.1) is 0 Å². The molecule has 3 aromatic rings. The maximum absolute atomic E-state index is 13.4. The molecule has 2 amide bonds. The zero-order valence-corrected chi connectivity index (χ0v) is 16.5. The Bertz CT molecular complexity index is 1050. The molecule has 5 rings (SSSR count). The molecule has 1 aromatic carbocycles. The molecule has 2 atom stereocenters. The van der Waals surface area contributed by atoms with Crippen LogP contribution in [0.1, 0.15) is 42.2 Å². The Morgan fingerprint density at radius 2 is 2.04 bits per heavy atom. The molecule has 7 heteroatoms. The minimum atomic E-state index is -0.000435. The summed E-state index contributed by atoms with van der Waals surface area (Å²) >= 11 is 1.48. The lowest BCUT2D eigenvalue weighted by molar-refractivity contribution is -0.121. The van der Waals surface area contributed by atoms with Gasteiger partial charge in [0.2, 0.25) is 5.91 Å². The standard InChI is InChI=1S/C21H22N4O2S/c1-2-13-3-5-14(6-4-13)17-11-24-18(12-28-21(24)23-17)20(27)25-15-7-8-16(25)10-22-19(26)9-15/h3-6,11-12,15-16H,2,7-10H2,1H3,(H,22,26)/t15-,16+/m1/s1. The van der Waals surface area contributed by atoms with Gasteiger partial charge in [0.25, 0.3) is 5.91 Å². The number of nitrogens with one attached hydrogen (secondary N) is 1. The Morgan fingerprint density at radius 3 is 2.82 bits per heavy atom. The van der Waals surface area contributed by atoms with Crippen LogP contribution in [0.5, 0.6) is 0 Å². The second-order valence-corrected chi connectivity index (χ2v) is 8.39. The first kappa shape index (κ1) is 17.4. The second-order valence-electron chi connectivity index (χ2n) is 7.56. The van der Waals surface area contributed by atoms with Crippen LogP contribution in [0.25, 0.3) is 16.2 Å². The van der Waals surface area contributed by atoms with Gasteiger partial charge in [-0.05, 0) is 24.8 Å². The van der Waals surface area contributed by atoms with Crippen LogP contribution < -0.4 is 5.32 Å². The van der Waals surface area contributed by atoms with E-state index in [1.165, 1.54) is 16.9 Å². The molecule has 2 saturated heterocycles. The number of imidazole rings is 1. The maximum atomic E-state index is 13.4. The van der Waals surface area contributed by atoms with Crippen molar-refractivity contribution < 1.29 is 9.59 Å². The predicted molar refractivity (Wildman–Crippen MR) is 108 cm³/mol. The molecule has 4 heterocycles. The molecule has 6 nitrogen and oxygen atoms in total. The van der Waals surface area contributed by atoms with Gasteiger partial charge in [-0.25, -0.2) is 4.98 Å². The number of aromatic nitrogens is 2. The van der Waals surface area contributed by atoms with Gasteiger partial charge in [0.15, 0.2) is 4.96 Å². The monoisotopic (exact) mass is 394 g/mol. The molecule has 2 bridgehead atoms. The van der Waals surface area contributed by atoms with E-state index in [1.54, 1.807) is 0 Å². The Balaban J connectivity index is 1.48. The van der Waals surface area contributed by atoms with Gasteiger partial charge in [0.05, 0.1) is 5.69 Å². The number of thiazole rings is 1. The van der Waals surface area contributed by atoms with Gasteiger partial charge in [-0.2, -0.15) is 0 Å². The van der Waals surface area contributed by atoms with Crippen molar-refractivity contribution in [2.45, 2.75) is 44.7 Å². The molecular formula is C21H22N4O2S. The molecule has 2 aromatic heterocycles. The van der Waals surface area contributed by atoms with E-state index in [-0.39, 0.29) is 23.9 Å². The summed E-state index contributed by atoms with van der Waals surface area (Å²) in [7, 11) is 0. The van der Waals surface area contributed by atoms with Crippen LogP contribution in [0.2, 0.25) is 0 Å². The highest BCUT2D eigenvalue weighted by Gasteiger charge is 2.41. The lowest BCUT2D eigenvalue weighted by Crippen LogP contribution is -2.42. The fourth-order valence-electron chi connectivity index (χ4n) is 4.33. The van der Waals surface area contributed by atoms with E-state index in [2.05, 4.69) is 36.5 Å². The molecule has 0 radical (unpaired) electrons. The van der Waals surface area contributed by atoms with E-state index in [4.69, 9.17) is 4.98 Å². The highest BCUT2D eigenvalue weighted by atomic mass is 32.1. The summed E-state index contributed by atoms with van der Waals surface area (Å²) in [4.78, 5) is 32.7. The van der Waals surface area contributed by atoms with E-state index >= 15 is 0 Å². The van der Waals surface area contributed by atoms with Crippen molar-refractivity contribution in [2.75, 3.05) is 6.54 Å². The van der Waals surface area contributed by atoms with Gasteiger partial charge < -0.3 is 10.2 Å². The predicted octanol–water partition coefficient (Wildman–Crippen LogP) is 3.12. The number of carbonyl (C=O) groups is 2. The largest absolute Gasteiger partial charge is 0.354 e. The number of aryl methyl sites for hydroxylation is 1. The van der Waals surface area contributed by atoms with Crippen molar-refractivity contribution in [3.63, 3.8) is 0 Å². The third-order valence-electron chi connectivity index (χ3n) is 5.90. The Morgan fingerprint density at radius 1 is 1.25 bits per heavy atom. The van der Waals surface area contributed by atoms with Gasteiger partial charge in [-0.15, -0.1) is 11.3 Å². The smallest absolute Gasteiger partial charge is 0.272 e. The third-order valence-corrected chi connectivity index (χ3v) is 6.74. The number of fused-ring (bicyclic) bond motifs is 3. The summed E-state index contributed by atoms with van der Waals surface area (Å²) in [5.74, 6) is 0.0430. The Kier molecular flexibility index (Phi) is 4.19. The number of hydrogen-bond acceptors (Lipinski definition) is 4. The number of hydrogen-bond donors (Lipinski definition) is 1. The lowest BCUT2D eigenvalue weighted by Gasteiger charge is -2.27. The van der Waals surface area contributed by atoms with Crippen molar-refractivity contribution >= 4 is 28.1 Å².